The van der Waals surface area contributed by atoms with Gasteiger partial charge in [-0.05, 0) is 43.3 Å². The van der Waals surface area contributed by atoms with Crippen molar-refractivity contribution in [2.45, 2.75) is 30.5 Å². The molecule has 0 radical (unpaired) electrons. The van der Waals surface area contributed by atoms with Crippen LogP contribution in [0.15, 0.2) is 66.3 Å². The Bertz CT molecular complexity index is 1260. The molecule has 1 aliphatic rings. The first kappa shape index (κ1) is 23.2. The van der Waals surface area contributed by atoms with Gasteiger partial charge in [0.1, 0.15) is 24.3 Å². The van der Waals surface area contributed by atoms with Crippen LogP contribution in [-0.4, -0.2) is 43.6 Å². The van der Waals surface area contributed by atoms with Gasteiger partial charge in [-0.1, -0.05) is 29.3 Å². The van der Waals surface area contributed by atoms with Crippen molar-refractivity contribution >= 4 is 35.8 Å². The van der Waals surface area contributed by atoms with E-state index in [2.05, 4.69) is 27.8 Å². The fraction of sp³-hybridized carbons (Fsp3) is 0.261. The lowest BCUT2D eigenvalue weighted by Gasteiger charge is -2.30. The molecule has 5 rings (SSSR count). The Morgan fingerprint density at radius 3 is 2.68 bits per heavy atom. The maximum absolute atomic E-state index is 6.52. The minimum absolute atomic E-state index is 0.305. The first-order valence-electron chi connectivity index (χ1n) is 10.5. The average Bonchev–Trinajstić information content (AvgIpc) is 3.55. The molecule has 11 heteroatoms. The Morgan fingerprint density at radius 1 is 1.18 bits per heavy atom. The number of imidazole rings is 1. The number of halogens is 2. The molecular weight excluding hydrogens is 497 g/mol. The van der Waals surface area contributed by atoms with Gasteiger partial charge in [-0.3, -0.25) is 4.57 Å². The largest absolute Gasteiger partial charge is 0.491 e. The predicted octanol–water partition coefficient (Wildman–Crippen LogP) is 4.72. The van der Waals surface area contributed by atoms with Crippen LogP contribution in [0.5, 0.6) is 5.75 Å². The van der Waals surface area contributed by atoms with E-state index in [1.54, 1.807) is 24.7 Å². The lowest BCUT2D eigenvalue weighted by atomic mass is 10.1. The molecule has 34 heavy (non-hydrogen) atoms. The normalized spacial score (nSPS) is 20.1. The van der Waals surface area contributed by atoms with Crippen LogP contribution in [-0.2, 0) is 21.8 Å². The molecule has 3 heterocycles. The third-order valence-electron chi connectivity index (χ3n) is 5.49. The molecule has 0 N–H and O–H groups in total. The van der Waals surface area contributed by atoms with Crippen molar-refractivity contribution in [3.63, 3.8) is 0 Å². The van der Waals surface area contributed by atoms with Crippen molar-refractivity contribution in [2.24, 2.45) is 0 Å². The van der Waals surface area contributed by atoms with E-state index >= 15 is 0 Å². The van der Waals surface area contributed by atoms with Crippen molar-refractivity contribution in [2.75, 3.05) is 13.2 Å². The second kappa shape index (κ2) is 9.59. The van der Waals surface area contributed by atoms with E-state index in [0.29, 0.717) is 46.3 Å². The van der Waals surface area contributed by atoms with E-state index in [9.17, 15) is 0 Å². The minimum atomic E-state index is -1.09. The first-order valence-corrected chi connectivity index (χ1v) is 11.7. The fourth-order valence-corrected chi connectivity index (χ4v) is 4.77. The molecule has 2 aromatic carbocycles. The Hall–Kier alpha value is -2.56. The van der Waals surface area contributed by atoms with Crippen LogP contribution < -0.4 is 4.74 Å². The van der Waals surface area contributed by atoms with Gasteiger partial charge in [0, 0.05) is 28.7 Å². The number of aryl methyl sites for hydroxylation is 1. The number of thiol groups is 1. The second-order valence-corrected chi connectivity index (χ2v) is 9.09. The van der Waals surface area contributed by atoms with Crippen LogP contribution in [0.25, 0.3) is 5.69 Å². The van der Waals surface area contributed by atoms with Gasteiger partial charge in [0.05, 0.1) is 24.5 Å². The molecule has 1 fully saturated rings. The van der Waals surface area contributed by atoms with Gasteiger partial charge >= 0.3 is 0 Å². The zero-order valence-electron chi connectivity index (χ0n) is 18.1. The topological polar surface area (TPSA) is 76.2 Å². The smallest absolute Gasteiger partial charge is 0.215 e. The molecule has 0 unspecified atom stereocenters. The molecule has 4 aromatic rings. The zero-order valence-corrected chi connectivity index (χ0v) is 20.5. The zero-order chi connectivity index (χ0) is 23.7. The maximum atomic E-state index is 6.52. The summed E-state index contributed by atoms with van der Waals surface area (Å²) < 4.78 is 22.4. The van der Waals surface area contributed by atoms with Crippen molar-refractivity contribution in [1.82, 2.24) is 24.3 Å². The summed E-state index contributed by atoms with van der Waals surface area (Å²) in [6, 6.07) is 12.9. The van der Waals surface area contributed by atoms with Crippen LogP contribution in [0.4, 0.5) is 0 Å². The van der Waals surface area contributed by atoms with Crippen molar-refractivity contribution in [3.05, 3.63) is 82.6 Å². The molecule has 0 spiro atoms. The molecule has 1 saturated heterocycles. The molecule has 0 bridgehead atoms. The van der Waals surface area contributed by atoms with E-state index in [1.807, 2.05) is 52.6 Å². The van der Waals surface area contributed by atoms with Gasteiger partial charge < -0.3 is 18.8 Å². The second-order valence-electron chi connectivity index (χ2n) is 7.85. The molecule has 8 nitrogen and oxygen atoms in total. The van der Waals surface area contributed by atoms with Gasteiger partial charge in [0.2, 0.25) is 5.79 Å². The van der Waals surface area contributed by atoms with Gasteiger partial charge in [0.15, 0.2) is 5.16 Å². The highest BCUT2D eigenvalue weighted by Crippen LogP contribution is 2.40. The third-order valence-corrected chi connectivity index (χ3v) is 6.33. The number of hydrogen-bond donors (Lipinski definition) is 1. The monoisotopic (exact) mass is 517 g/mol. The highest BCUT2D eigenvalue weighted by molar-refractivity contribution is 7.80. The lowest BCUT2D eigenvalue weighted by Crippen LogP contribution is -2.34. The SMILES string of the molecule is Cc1nnc(S)n1-c1ccc(OC[C@@H]2CO[C@@](Cn3ccnc3)(c3ccc(Cl)cc3Cl)O2)cc1. The van der Waals surface area contributed by atoms with E-state index in [4.69, 9.17) is 37.4 Å². The van der Waals surface area contributed by atoms with E-state index in [1.165, 1.54) is 0 Å². The summed E-state index contributed by atoms with van der Waals surface area (Å²) in [5.41, 5.74) is 1.60. The molecular formula is C23H21Cl2N5O3S. The molecule has 1 aliphatic heterocycles. The number of nitrogens with zero attached hydrogens (tertiary/aromatic N) is 5. The number of hydrogen-bond acceptors (Lipinski definition) is 7. The molecule has 2 atom stereocenters. The van der Waals surface area contributed by atoms with Crippen LogP contribution in [0.3, 0.4) is 0 Å². The van der Waals surface area contributed by atoms with Crippen LogP contribution in [0.2, 0.25) is 10.0 Å². The van der Waals surface area contributed by atoms with Crippen molar-refractivity contribution in [3.8, 4) is 11.4 Å². The lowest BCUT2D eigenvalue weighted by molar-refractivity contribution is -0.189. The van der Waals surface area contributed by atoms with Crippen LogP contribution >= 0.6 is 35.8 Å². The van der Waals surface area contributed by atoms with E-state index < -0.39 is 5.79 Å². The van der Waals surface area contributed by atoms with Gasteiger partial charge in [-0.25, -0.2) is 4.98 Å². The molecule has 0 amide bonds. The maximum Gasteiger partial charge on any atom is 0.215 e. The van der Waals surface area contributed by atoms with E-state index in [-0.39, 0.29) is 6.10 Å². The van der Waals surface area contributed by atoms with Crippen LogP contribution in [0, 0.1) is 6.92 Å². The quantitative estimate of drug-likeness (QED) is 0.357. The Morgan fingerprint density at radius 2 is 2.00 bits per heavy atom. The number of benzene rings is 2. The Kier molecular flexibility index (Phi) is 6.54. The Balaban J connectivity index is 1.30. The molecule has 176 valence electrons. The van der Waals surface area contributed by atoms with Crippen molar-refractivity contribution < 1.29 is 14.2 Å². The third kappa shape index (κ3) is 4.67. The Labute approximate surface area is 211 Å². The highest BCUT2D eigenvalue weighted by Gasteiger charge is 2.45. The average molecular weight is 518 g/mol. The van der Waals surface area contributed by atoms with E-state index in [0.717, 1.165) is 11.5 Å². The standard InChI is InChI=1S/C23H21Cl2N5O3S/c1-15-27-28-22(34)30(15)17-3-5-18(6-4-17)31-11-19-12-32-23(33-19,13-29-9-8-26-14-29)20-7-2-16(24)10-21(20)25/h2-10,14,19H,11-13H2,1H3,(H,28,34)/t19-,23-/m1/s1. The molecule has 0 aliphatic carbocycles. The summed E-state index contributed by atoms with van der Waals surface area (Å²) >= 11 is 17.0. The highest BCUT2D eigenvalue weighted by atomic mass is 35.5. The number of rotatable bonds is 7. The summed E-state index contributed by atoms with van der Waals surface area (Å²) in [5, 5.41) is 9.54. The minimum Gasteiger partial charge on any atom is -0.491 e. The summed E-state index contributed by atoms with van der Waals surface area (Å²) in [7, 11) is 0. The summed E-state index contributed by atoms with van der Waals surface area (Å²) in [4.78, 5) is 4.12. The number of aromatic nitrogens is 5. The number of ether oxygens (including phenoxy) is 3. The fourth-order valence-electron chi connectivity index (χ4n) is 3.91. The summed E-state index contributed by atoms with van der Waals surface area (Å²) in [6.07, 6.45) is 4.95. The van der Waals surface area contributed by atoms with Crippen LogP contribution in [0.1, 0.15) is 11.4 Å². The molecule has 2 aromatic heterocycles. The van der Waals surface area contributed by atoms with Gasteiger partial charge in [-0.15, -0.1) is 22.8 Å². The summed E-state index contributed by atoms with van der Waals surface area (Å²) in [6.45, 7) is 2.90. The van der Waals surface area contributed by atoms with Gasteiger partial charge in [0.25, 0.3) is 0 Å². The summed E-state index contributed by atoms with van der Waals surface area (Å²) in [5.74, 6) is 0.371. The predicted molar refractivity (Wildman–Crippen MR) is 130 cm³/mol. The van der Waals surface area contributed by atoms with Crippen molar-refractivity contribution in [1.29, 1.82) is 0 Å². The molecule has 0 saturated carbocycles. The van der Waals surface area contributed by atoms with Gasteiger partial charge in [-0.2, -0.15) is 0 Å². The first-order chi connectivity index (χ1) is 16.4.